The van der Waals surface area contributed by atoms with E-state index in [0.717, 1.165) is 16.9 Å². The van der Waals surface area contributed by atoms with Crippen molar-refractivity contribution in [1.29, 1.82) is 5.26 Å². The smallest absolute Gasteiger partial charge is 0.123 e. The van der Waals surface area contributed by atoms with Gasteiger partial charge in [0.2, 0.25) is 0 Å². The van der Waals surface area contributed by atoms with Gasteiger partial charge in [0.1, 0.15) is 5.82 Å². The van der Waals surface area contributed by atoms with Gasteiger partial charge in [0, 0.05) is 22.6 Å². The van der Waals surface area contributed by atoms with E-state index in [-0.39, 0.29) is 5.82 Å². The third-order valence-electron chi connectivity index (χ3n) is 3.78. The molecule has 2 nitrogen and oxygen atoms in total. The molecule has 0 saturated carbocycles. The molecule has 0 aliphatic carbocycles. The number of halogens is 2. The van der Waals surface area contributed by atoms with Crippen LogP contribution in [0.4, 0.5) is 4.39 Å². The van der Waals surface area contributed by atoms with Gasteiger partial charge >= 0.3 is 0 Å². The molecule has 1 aromatic heterocycles. The van der Waals surface area contributed by atoms with E-state index in [2.05, 4.69) is 6.07 Å². The molecular weight excluding hydrogens is 323 g/mol. The summed E-state index contributed by atoms with van der Waals surface area (Å²) < 4.78 is 15.0. The second-order valence-corrected chi connectivity index (χ2v) is 5.82. The van der Waals surface area contributed by atoms with E-state index in [1.54, 1.807) is 18.2 Å². The minimum Gasteiger partial charge on any atom is -0.317 e. The highest BCUT2D eigenvalue weighted by molar-refractivity contribution is 6.31. The highest BCUT2D eigenvalue weighted by atomic mass is 35.5. The Morgan fingerprint density at radius 1 is 1.17 bits per heavy atom. The van der Waals surface area contributed by atoms with Crippen molar-refractivity contribution < 1.29 is 4.39 Å². The number of nitriles is 1. The van der Waals surface area contributed by atoms with Crippen LogP contribution in [-0.4, -0.2) is 4.57 Å². The van der Waals surface area contributed by atoms with Gasteiger partial charge in [0.25, 0.3) is 0 Å². The van der Waals surface area contributed by atoms with Gasteiger partial charge in [0.15, 0.2) is 0 Å². The predicted octanol–water partition coefficient (Wildman–Crippen LogP) is 5.64. The standard InChI is InChI=1S/C20H14ClFN2/c1-14-4-9-19(12-20(14)21)24-10-2-3-18(24)11-16(13-23)15-5-7-17(22)8-6-15/h2-12H,1H3/b16-11-. The van der Waals surface area contributed by atoms with Crippen molar-refractivity contribution in [3.63, 3.8) is 0 Å². The molecule has 0 amide bonds. The quantitative estimate of drug-likeness (QED) is 0.569. The Labute approximate surface area is 145 Å². The van der Waals surface area contributed by atoms with E-state index >= 15 is 0 Å². The van der Waals surface area contributed by atoms with Crippen molar-refractivity contribution in [1.82, 2.24) is 4.57 Å². The normalized spacial score (nSPS) is 11.3. The molecule has 0 aliphatic heterocycles. The summed E-state index contributed by atoms with van der Waals surface area (Å²) in [5.74, 6) is -0.325. The zero-order valence-corrected chi connectivity index (χ0v) is 13.8. The van der Waals surface area contributed by atoms with Crippen molar-refractivity contribution in [3.8, 4) is 11.8 Å². The van der Waals surface area contributed by atoms with Crippen molar-refractivity contribution in [2.24, 2.45) is 0 Å². The molecule has 0 N–H and O–H groups in total. The summed E-state index contributed by atoms with van der Waals surface area (Å²) >= 11 is 6.21. The fourth-order valence-corrected chi connectivity index (χ4v) is 2.61. The summed E-state index contributed by atoms with van der Waals surface area (Å²) in [7, 11) is 0. The SMILES string of the molecule is Cc1ccc(-n2cccc2/C=C(/C#N)c2ccc(F)cc2)cc1Cl. The molecule has 1 heterocycles. The molecule has 4 heteroatoms. The highest BCUT2D eigenvalue weighted by Gasteiger charge is 2.07. The van der Waals surface area contributed by atoms with E-state index < -0.39 is 0 Å². The molecule has 0 bridgehead atoms. The van der Waals surface area contributed by atoms with Crippen LogP contribution in [0.5, 0.6) is 0 Å². The second-order valence-electron chi connectivity index (χ2n) is 5.41. The van der Waals surface area contributed by atoms with E-state index in [4.69, 9.17) is 11.6 Å². The van der Waals surface area contributed by atoms with Crippen molar-refractivity contribution in [2.75, 3.05) is 0 Å². The Bertz CT molecular complexity index is 947. The zero-order valence-electron chi connectivity index (χ0n) is 13.0. The summed E-state index contributed by atoms with van der Waals surface area (Å²) in [5.41, 5.74) is 3.91. The van der Waals surface area contributed by atoms with Crippen molar-refractivity contribution >= 4 is 23.3 Å². The Kier molecular flexibility index (Phi) is 4.50. The largest absolute Gasteiger partial charge is 0.317 e. The lowest BCUT2D eigenvalue weighted by molar-refractivity contribution is 0.627. The maximum Gasteiger partial charge on any atom is 0.123 e. The van der Waals surface area contributed by atoms with Crippen LogP contribution < -0.4 is 0 Å². The predicted molar refractivity (Wildman–Crippen MR) is 95.4 cm³/mol. The van der Waals surface area contributed by atoms with Crippen LogP contribution in [0.1, 0.15) is 16.8 Å². The van der Waals surface area contributed by atoms with Crippen LogP contribution in [0.25, 0.3) is 17.3 Å². The molecule has 0 radical (unpaired) electrons. The Balaban J connectivity index is 2.04. The molecule has 3 rings (SSSR count). The first-order valence-electron chi connectivity index (χ1n) is 7.40. The van der Waals surface area contributed by atoms with Crippen LogP contribution >= 0.6 is 11.6 Å². The molecule has 118 valence electrons. The van der Waals surface area contributed by atoms with E-state index in [0.29, 0.717) is 16.2 Å². The number of allylic oxidation sites excluding steroid dienone is 1. The maximum atomic E-state index is 13.1. The van der Waals surface area contributed by atoms with Crippen LogP contribution in [0.15, 0.2) is 60.8 Å². The van der Waals surface area contributed by atoms with Gasteiger partial charge in [-0.1, -0.05) is 29.8 Å². The monoisotopic (exact) mass is 336 g/mol. The third-order valence-corrected chi connectivity index (χ3v) is 4.19. The van der Waals surface area contributed by atoms with E-state index in [9.17, 15) is 9.65 Å². The molecular formula is C20H14ClFN2. The fraction of sp³-hybridized carbons (Fsp3) is 0.0500. The highest BCUT2D eigenvalue weighted by Crippen LogP contribution is 2.24. The summed E-state index contributed by atoms with van der Waals surface area (Å²) in [6.45, 7) is 1.95. The molecule has 0 unspecified atom stereocenters. The molecule has 0 fully saturated rings. The van der Waals surface area contributed by atoms with Crippen LogP contribution in [0.3, 0.4) is 0 Å². The number of nitrogens with zero attached hydrogens (tertiary/aromatic N) is 2. The van der Waals surface area contributed by atoms with Gasteiger partial charge < -0.3 is 4.57 Å². The van der Waals surface area contributed by atoms with Crippen LogP contribution in [-0.2, 0) is 0 Å². The Hall–Kier alpha value is -2.83. The van der Waals surface area contributed by atoms with Gasteiger partial charge in [-0.15, -0.1) is 0 Å². The van der Waals surface area contributed by atoms with E-state index in [1.165, 1.54) is 12.1 Å². The Morgan fingerprint density at radius 3 is 2.58 bits per heavy atom. The lowest BCUT2D eigenvalue weighted by atomic mass is 10.1. The molecule has 2 aromatic carbocycles. The molecule has 3 aromatic rings. The minimum absolute atomic E-state index is 0.325. The number of rotatable bonds is 3. The van der Waals surface area contributed by atoms with E-state index in [1.807, 2.05) is 48.0 Å². The zero-order chi connectivity index (χ0) is 17.1. The maximum absolute atomic E-state index is 13.1. The molecule has 24 heavy (non-hydrogen) atoms. The molecule has 0 atom stereocenters. The first-order valence-corrected chi connectivity index (χ1v) is 7.78. The summed E-state index contributed by atoms with van der Waals surface area (Å²) in [6, 6.07) is 17.7. The van der Waals surface area contributed by atoms with Gasteiger partial charge in [0.05, 0.1) is 11.6 Å². The number of aryl methyl sites for hydroxylation is 1. The molecule has 0 saturated heterocycles. The third kappa shape index (κ3) is 3.24. The first-order chi connectivity index (χ1) is 11.6. The number of aromatic nitrogens is 1. The second kappa shape index (κ2) is 6.74. The van der Waals surface area contributed by atoms with Gasteiger partial charge in [-0.25, -0.2) is 4.39 Å². The van der Waals surface area contributed by atoms with Gasteiger partial charge in [-0.2, -0.15) is 5.26 Å². The molecule has 0 aliphatic rings. The van der Waals surface area contributed by atoms with Crippen LogP contribution in [0.2, 0.25) is 5.02 Å². The number of benzene rings is 2. The van der Waals surface area contributed by atoms with Crippen molar-refractivity contribution in [2.45, 2.75) is 6.92 Å². The molecule has 0 spiro atoms. The fourth-order valence-electron chi connectivity index (χ4n) is 2.44. The minimum atomic E-state index is -0.325. The summed E-state index contributed by atoms with van der Waals surface area (Å²) in [5, 5.41) is 10.1. The van der Waals surface area contributed by atoms with Crippen LogP contribution in [0, 0.1) is 24.1 Å². The number of hydrogen-bond acceptors (Lipinski definition) is 1. The lowest BCUT2D eigenvalue weighted by Crippen LogP contribution is -1.96. The van der Waals surface area contributed by atoms with Gasteiger partial charge in [-0.3, -0.25) is 0 Å². The topological polar surface area (TPSA) is 28.7 Å². The average Bonchev–Trinajstić information content (AvgIpc) is 3.04. The summed E-state index contributed by atoms with van der Waals surface area (Å²) in [6.07, 6.45) is 3.69. The van der Waals surface area contributed by atoms with Crippen molar-refractivity contribution in [3.05, 3.63) is 88.5 Å². The average molecular weight is 337 g/mol. The van der Waals surface area contributed by atoms with Gasteiger partial charge in [-0.05, 0) is 60.5 Å². The lowest BCUT2D eigenvalue weighted by Gasteiger charge is -2.09. The Morgan fingerprint density at radius 2 is 1.92 bits per heavy atom. The number of hydrogen-bond donors (Lipinski definition) is 0. The first kappa shape index (κ1) is 16.0. The summed E-state index contributed by atoms with van der Waals surface area (Å²) in [4.78, 5) is 0.